The molecule has 3 saturated heterocycles. The largest absolute Gasteiger partial charge is 0.480 e. The summed E-state index contributed by atoms with van der Waals surface area (Å²) in [5, 5.41) is 44.0. The molecule has 10 nitrogen and oxygen atoms in total. The zero-order chi connectivity index (χ0) is 33.2. The monoisotopic (exact) mass is 608 g/mol. The highest BCUT2D eigenvalue weighted by molar-refractivity contribution is 5.84. The number of rotatable bonds is 9. The summed E-state index contributed by atoms with van der Waals surface area (Å²) in [5.74, 6) is -4.98. The van der Waals surface area contributed by atoms with E-state index in [1.165, 1.54) is 4.90 Å². The van der Waals surface area contributed by atoms with Crippen LogP contribution in [0.2, 0.25) is 0 Å². The first-order chi connectivity index (χ1) is 19.1. The summed E-state index contributed by atoms with van der Waals surface area (Å²) in [6, 6.07) is -1.30. The van der Waals surface area contributed by atoms with Crippen LogP contribution in [0.4, 0.5) is 0 Å². The predicted molar refractivity (Wildman–Crippen MR) is 168 cm³/mol. The molecular formula is C33H60N4O6. The lowest BCUT2D eigenvalue weighted by molar-refractivity contribution is -0.185. The third-order valence-corrected chi connectivity index (χ3v) is 10.0. The second-order valence-corrected chi connectivity index (χ2v) is 18.0. The van der Waals surface area contributed by atoms with Gasteiger partial charge in [0.25, 0.3) is 0 Å². The van der Waals surface area contributed by atoms with E-state index < -0.39 is 87.0 Å². The highest BCUT2D eigenvalue weighted by atomic mass is 16.4. The van der Waals surface area contributed by atoms with E-state index in [4.69, 9.17) is 0 Å². The number of nitrogens with one attached hydrogen (secondary N) is 3. The van der Waals surface area contributed by atoms with Crippen molar-refractivity contribution in [2.45, 2.75) is 166 Å². The van der Waals surface area contributed by atoms with Crippen molar-refractivity contribution >= 4 is 17.9 Å². The Morgan fingerprint density at radius 3 is 1.19 bits per heavy atom. The average Bonchev–Trinajstić information content (AvgIpc) is 2.66. The van der Waals surface area contributed by atoms with Gasteiger partial charge in [0.05, 0.1) is 6.54 Å². The van der Waals surface area contributed by atoms with Gasteiger partial charge in [-0.2, -0.15) is 0 Å². The topological polar surface area (TPSA) is 151 Å². The first-order valence-corrected chi connectivity index (χ1v) is 16.0. The number of hydrogen-bond donors (Lipinski definition) is 6. The van der Waals surface area contributed by atoms with Crippen LogP contribution in [0.25, 0.3) is 0 Å². The molecule has 6 N–H and O–H groups in total. The Bertz CT molecular complexity index is 1010. The molecule has 3 rings (SSSR count). The van der Waals surface area contributed by atoms with Gasteiger partial charge in [0.1, 0.15) is 11.6 Å². The number of carbonyl (C=O) groups is 3. The molecule has 1 unspecified atom stereocenters. The number of hydrogen-bond acceptors (Lipinski definition) is 7. The number of piperidine rings is 3. The van der Waals surface area contributed by atoms with Crippen LogP contribution in [0.5, 0.6) is 0 Å². The van der Waals surface area contributed by atoms with Crippen molar-refractivity contribution in [1.29, 1.82) is 0 Å². The van der Waals surface area contributed by atoms with Gasteiger partial charge in [-0.25, -0.2) is 0 Å². The molecule has 3 heterocycles. The minimum absolute atomic E-state index is 0.418. The molecule has 0 aliphatic carbocycles. The number of aliphatic carboxylic acids is 3. The second kappa shape index (κ2) is 11.2. The van der Waals surface area contributed by atoms with Gasteiger partial charge in [-0.1, -0.05) is 0 Å². The van der Waals surface area contributed by atoms with E-state index in [9.17, 15) is 29.7 Å². The molecule has 0 amide bonds. The van der Waals surface area contributed by atoms with Crippen LogP contribution in [0.15, 0.2) is 0 Å². The van der Waals surface area contributed by atoms with Crippen LogP contribution in [0.3, 0.4) is 0 Å². The van der Waals surface area contributed by atoms with E-state index in [0.29, 0.717) is 38.5 Å². The van der Waals surface area contributed by atoms with E-state index in [0.717, 1.165) is 0 Å². The molecule has 0 aromatic rings. The molecule has 3 fully saturated rings. The standard InChI is InChI=1S/C33H60N4O6/c1-27(2)13-20(14-28(3,4)34-27)24(25(40)41)37(19-23(38)39)33(26(42)43,21-15-29(5,6)35-30(7,8)16-21)22-17-31(9,10)36-32(11,12)18-22/h20-22,24,34-36H,13-19H2,1-12H3,(H,38,39)(H,40,41)(H,42,43). The molecule has 3 aliphatic rings. The average molecular weight is 609 g/mol. The van der Waals surface area contributed by atoms with Crippen molar-refractivity contribution in [1.82, 2.24) is 20.9 Å². The molecule has 0 bridgehead atoms. The molecule has 0 spiro atoms. The first-order valence-electron chi connectivity index (χ1n) is 16.0. The number of carboxylic acids is 3. The van der Waals surface area contributed by atoms with Crippen molar-refractivity contribution in [3.05, 3.63) is 0 Å². The Labute approximate surface area is 259 Å². The van der Waals surface area contributed by atoms with Crippen LogP contribution >= 0.6 is 0 Å². The van der Waals surface area contributed by atoms with Gasteiger partial charge in [0.2, 0.25) is 0 Å². The fraction of sp³-hybridized carbons (Fsp3) is 0.909. The Kier molecular flexibility index (Phi) is 9.34. The van der Waals surface area contributed by atoms with E-state index in [1.807, 2.05) is 27.7 Å². The van der Waals surface area contributed by atoms with E-state index in [1.54, 1.807) is 0 Å². The summed E-state index contributed by atoms with van der Waals surface area (Å²) in [6.45, 7) is 23.9. The van der Waals surface area contributed by atoms with Crippen LogP contribution in [0, 0.1) is 17.8 Å². The quantitative estimate of drug-likeness (QED) is 0.223. The summed E-state index contributed by atoms with van der Waals surface area (Å²) in [4.78, 5) is 42.0. The fourth-order valence-electron chi connectivity index (χ4n) is 10.4. The number of nitrogens with zero attached hydrogens (tertiary/aromatic N) is 1. The molecule has 3 aliphatic heterocycles. The molecule has 0 aromatic heterocycles. The highest BCUT2D eigenvalue weighted by Gasteiger charge is 2.64. The van der Waals surface area contributed by atoms with E-state index in [-0.39, 0.29) is 0 Å². The van der Waals surface area contributed by atoms with Gasteiger partial charge >= 0.3 is 17.9 Å². The van der Waals surface area contributed by atoms with Gasteiger partial charge in [-0.15, -0.1) is 0 Å². The third kappa shape index (κ3) is 7.92. The van der Waals surface area contributed by atoms with Crippen molar-refractivity contribution in [3.8, 4) is 0 Å². The molecule has 10 heteroatoms. The summed E-state index contributed by atoms with van der Waals surface area (Å²) in [6.07, 6.45) is 2.84. The van der Waals surface area contributed by atoms with E-state index in [2.05, 4.69) is 71.3 Å². The zero-order valence-corrected chi connectivity index (χ0v) is 28.8. The summed E-state index contributed by atoms with van der Waals surface area (Å²) in [7, 11) is 0. The predicted octanol–water partition coefficient (Wildman–Crippen LogP) is 4.32. The van der Waals surface area contributed by atoms with Crippen molar-refractivity contribution in [2.24, 2.45) is 17.8 Å². The van der Waals surface area contributed by atoms with Crippen LogP contribution in [-0.2, 0) is 14.4 Å². The van der Waals surface area contributed by atoms with Crippen LogP contribution < -0.4 is 16.0 Å². The third-order valence-electron chi connectivity index (χ3n) is 10.0. The smallest absolute Gasteiger partial charge is 0.324 e. The zero-order valence-electron chi connectivity index (χ0n) is 28.8. The first kappa shape index (κ1) is 35.7. The maximum Gasteiger partial charge on any atom is 0.324 e. The van der Waals surface area contributed by atoms with Gasteiger partial charge in [0, 0.05) is 33.2 Å². The Morgan fingerprint density at radius 1 is 0.628 bits per heavy atom. The molecule has 43 heavy (non-hydrogen) atoms. The summed E-state index contributed by atoms with van der Waals surface area (Å²) < 4.78 is 0. The van der Waals surface area contributed by atoms with Gasteiger partial charge in [0.15, 0.2) is 0 Å². The molecular weight excluding hydrogens is 548 g/mol. The normalized spacial score (nSPS) is 27.8. The lowest BCUT2D eigenvalue weighted by Gasteiger charge is -2.61. The molecule has 1 atom stereocenters. The molecule has 248 valence electrons. The Hall–Kier alpha value is -1.75. The van der Waals surface area contributed by atoms with Crippen molar-refractivity contribution in [3.63, 3.8) is 0 Å². The summed E-state index contributed by atoms with van der Waals surface area (Å²) >= 11 is 0. The van der Waals surface area contributed by atoms with Gasteiger partial charge in [-0.05, 0) is 139 Å². The Morgan fingerprint density at radius 2 is 0.930 bits per heavy atom. The fourth-order valence-corrected chi connectivity index (χ4v) is 10.4. The lowest BCUT2D eigenvalue weighted by atomic mass is 9.57. The lowest BCUT2D eigenvalue weighted by Crippen LogP contribution is -2.76. The van der Waals surface area contributed by atoms with Crippen LogP contribution in [0.1, 0.15) is 122 Å². The Balaban J connectivity index is 2.40. The van der Waals surface area contributed by atoms with Gasteiger partial charge in [-0.3, -0.25) is 19.3 Å². The SMILES string of the molecule is CC1(C)CC(C(C(=O)O)N(CC(=O)O)C(C(=O)O)(C2CC(C)(C)NC(C)(C)C2)C2CC(C)(C)NC(C)(C)C2)CC(C)(C)N1. The molecule has 0 radical (unpaired) electrons. The summed E-state index contributed by atoms with van der Waals surface area (Å²) in [5.41, 5.74) is -4.37. The minimum Gasteiger partial charge on any atom is -0.480 e. The molecule has 0 aromatic carbocycles. The van der Waals surface area contributed by atoms with Gasteiger partial charge < -0.3 is 31.3 Å². The van der Waals surface area contributed by atoms with E-state index >= 15 is 0 Å². The molecule has 0 saturated carbocycles. The maximum absolute atomic E-state index is 14.3. The van der Waals surface area contributed by atoms with Crippen molar-refractivity contribution < 1.29 is 29.7 Å². The second-order valence-electron chi connectivity index (χ2n) is 18.0. The van der Waals surface area contributed by atoms with Crippen LogP contribution in [-0.4, -0.2) is 89.5 Å². The minimum atomic E-state index is -1.74. The van der Waals surface area contributed by atoms with Crippen molar-refractivity contribution in [2.75, 3.05) is 6.54 Å². The maximum atomic E-state index is 14.3. The highest BCUT2D eigenvalue weighted by Crippen LogP contribution is 2.52. The number of carboxylic acid groups (broad SMARTS) is 3.